The van der Waals surface area contributed by atoms with E-state index in [0.717, 1.165) is 44.1 Å². The molecule has 0 saturated heterocycles. The number of aliphatic carboxylic acids is 1. The quantitative estimate of drug-likeness (QED) is 0.417. The van der Waals surface area contributed by atoms with Crippen LogP contribution in [0.5, 0.6) is 0 Å². The number of carbonyl (C=O) groups excluding carboxylic acids is 1. The van der Waals surface area contributed by atoms with Crippen LogP contribution in [0.1, 0.15) is 128 Å². The van der Waals surface area contributed by atoms with Gasteiger partial charge in [-0.25, -0.2) is 4.79 Å². The normalized spacial score (nSPS) is 20.7. The molecule has 0 aromatic heterocycles. The van der Waals surface area contributed by atoms with Crippen molar-refractivity contribution in [3.05, 3.63) is 35.4 Å². The fourth-order valence-corrected chi connectivity index (χ4v) is 5.90. The molecule has 2 aliphatic rings. The number of hydrogen-bond acceptors (Lipinski definition) is 2. The Bertz CT molecular complexity index is 776. The van der Waals surface area contributed by atoms with Crippen molar-refractivity contribution in [1.82, 2.24) is 5.32 Å². The molecule has 0 radical (unpaired) electrons. The highest BCUT2D eigenvalue weighted by Crippen LogP contribution is 2.44. The molecule has 2 saturated carbocycles. The number of carbonyl (C=O) groups is 2. The van der Waals surface area contributed by atoms with Gasteiger partial charge >= 0.3 is 5.97 Å². The highest BCUT2D eigenvalue weighted by Gasteiger charge is 2.42. The first-order chi connectivity index (χ1) is 16.2. The van der Waals surface area contributed by atoms with E-state index in [2.05, 4.69) is 50.4 Å². The lowest BCUT2D eigenvalue weighted by atomic mass is 9.75. The predicted molar refractivity (Wildman–Crippen MR) is 139 cm³/mol. The van der Waals surface area contributed by atoms with Crippen molar-refractivity contribution in [3.63, 3.8) is 0 Å². The van der Waals surface area contributed by atoms with Gasteiger partial charge in [0.05, 0.1) is 0 Å². The van der Waals surface area contributed by atoms with Crippen LogP contribution in [0.25, 0.3) is 0 Å². The molecule has 0 bridgehead atoms. The van der Waals surface area contributed by atoms with Crippen molar-refractivity contribution in [3.8, 4) is 0 Å². The fourth-order valence-electron chi connectivity index (χ4n) is 5.90. The maximum Gasteiger partial charge on any atom is 0.326 e. The fraction of sp³-hybridized carbons (Fsp3) is 0.733. The summed E-state index contributed by atoms with van der Waals surface area (Å²) in [5.74, 6) is -0.381. The van der Waals surface area contributed by atoms with Crippen molar-refractivity contribution in [2.24, 2.45) is 10.8 Å². The van der Waals surface area contributed by atoms with Gasteiger partial charge in [0.1, 0.15) is 6.04 Å². The van der Waals surface area contributed by atoms with Crippen LogP contribution < -0.4 is 5.32 Å². The molecule has 4 nitrogen and oxygen atoms in total. The number of rotatable bonds is 8. The largest absolute Gasteiger partial charge is 0.480 e. The lowest BCUT2D eigenvalue weighted by Gasteiger charge is -2.32. The minimum atomic E-state index is -0.947. The van der Waals surface area contributed by atoms with Gasteiger partial charge in [-0.1, -0.05) is 96.4 Å². The third kappa shape index (κ3) is 7.85. The minimum absolute atomic E-state index is 0.0520. The third-order valence-electron chi connectivity index (χ3n) is 8.25. The lowest BCUT2D eigenvalue weighted by molar-refractivity contribution is -0.144. The molecule has 3 rings (SSSR count). The Morgan fingerprint density at radius 2 is 1.50 bits per heavy atom. The summed E-state index contributed by atoms with van der Waals surface area (Å²) in [6.45, 7) is 6.61. The number of carboxylic acids is 1. The van der Waals surface area contributed by atoms with Crippen LogP contribution in [0.2, 0.25) is 0 Å². The molecule has 2 aliphatic carbocycles. The Morgan fingerprint density at radius 1 is 0.941 bits per heavy atom. The highest BCUT2D eigenvalue weighted by molar-refractivity contribution is 5.87. The van der Waals surface area contributed by atoms with E-state index in [1.807, 2.05) is 0 Å². The molecule has 2 N–H and O–H groups in total. The van der Waals surface area contributed by atoms with E-state index >= 15 is 0 Å². The van der Waals surface area contributed by atoms with Crippen LogP contribution in [0.3, 0.4) is 0 Å². The van der Waals surface area contributed by atoms with Gasteiger partial charge in [0.15, 0.2) is 0 Å². The van der Waals surface area contributed by atoms with E-state index in [1.54, 1.807) is 0 Å². The van der Waals surface area contributed by atoms with Gasteiger partial charge in [-0.3, -0.25) is 4.79 Å². The molecule has 0 spiro atoms. The van der Waals surface area contributed by atoms with Gasteiger partial charge in [-0.2, -0.15) is 0 Å². The predicted octanol–water partition coefficient (Wildman–Crippen LogP) is 7.40. The summed E-state index contributed by atoms with van der Waals surface area (Å²) in [5, 5.41) is 12.8. The summed E-state index contributed by atoms with van der Waals surface area (Å²) < 4.78 is 0. The van der Waals surface area contributed by atoms with Crippen molar-refractivity contribution < 1.29 is 14.7 Å². The van der Waals surface area contributed by atoms with E-state index in [4.69, 9.17) is 0 Å². The molecule has 0 aliphatic heterocycles. The minimum Gasteiger partial charge on any atom is -0.480 e. The van der Waals surface area contributed by atoms with Crippen LogP contribution in [-0.4, -0.2) is 23.0 Å². The summed E-state index contributed by atoms with van der Waals surface area (Å²) >= 11 is 0. The third-order valence-corrected chi connectivity index (χ3v) is 8.25. The molecule has 0 heterocycles. The zero-order valence-electron chi connectivity index (χ0n) is 21.8. The second-order valence-electron chi connectivity index (χ2n) is 12.3. The molecular weight excluding hydrogens is 422 g/mol. The molecule has 34 heavy (non-hydrogen) atoms. The van der Waals surface area contributed by atoms with Crippen LogP contribution in [0.4, 0.5) is 0 Å². The SMILES string of the molecule is CC(C)(C)CCC1(C(=O)N[C@@H](Cc2ccc(C3CCCCCCCC3)cc2)C(=O)O)CCCC1. The molecule has 2 fully saturated rings. The van der Waals surface area contributed by atoms with E-state index in [9.17, 15) is 14.7 Å². The second kappa shape index (κ2) is 12.2. The zero-order valence-corrected chi connectivity index (χ0v) is 21.8. The number of benzene rings is 1. The monoisotopic (exact) mass is 469 g/mol. The lowest BCUT2D eigenvalue weighted by Crippen LogP contribution is -2.49. The molecule has 190 valence electrons. The van der Waals surface area contributed by atoms with E-state index in [1.165, 1.54) is 56.9 Å². The number of hydrogen-bond donors (Lipinski definition) is 2. The van der Waals surface area contributed by atoms with Gasteiger partial charge in [-0.05, 0) is 61.0 Å². The van der Waals surface area contributed by atoms with Crippen LogP contribution >= 0.6 is 0 Å². The Balaban J connectivity index is 1.63. The zero-order chi connectivity index (χ0) is 24.6. The maximum absolute atomic E-state index is 13.4. The van der Waals surface area contributed by atoms with Crippen molar-refractivity contribution in [1.29, 1.82) is 0 Å². The molecule has 0 unspecified atom stereocenters. The first-order valence-electron chi connectivity index (χ1n) is 13.8. The van der Waals surface area contributed by atoms with Gasteiger partial charge in [0.2, 0.25) is 5.91 Å². The van der Waals surface area contributed by atoms with E-state index in [0.29, 0.717) is 12.3 Å². The van der Waals surface area contributed by atoms with Crippen LogP contribution in [0.15, 0.2) is 24.3 Å². The van der Waals surface area contributed by atoms with Crippen LogP contribution in [0, 0.1) is 10.8 Å². The summed E-state index contributed by atoms with van der Waals surface area (Å²) in [6, 6.07) is 7.67. The van der Waals surface area contributed by atoms with E-state index < -0.39 is 17.4 Å². The molecule has 1 amide bonds. The average Bonchev–Trinajstić information content (AvgIpc) is 3.32. The highest BCUT2D eigenvalue weighted by atomic mass is 16.4. The standard InChI is InChI=1S/C30H47NO3/c1-29(2,3)20-21-30(18-10-11-19-30)28(34)31-26(27(32)33)22-23-14-16-25(17-15-23)24-12-8-6-4-5-7-9-13-24/h14-17,24,26H,4-13,18-22H2,1-3H3,(H,31,34)(H,32,33)/t26-/m0/s1. The molecule has 1 atom stereocenters. The number of amides is 1. The first kappa shape index (κ1) is 26.8. The number of nitrogens with one attached hydrogen (secondary N) is 1. The maximum atomic E-state index is 13.4. The molecule has 1 aromatic rings. The topological polar surface area (TPSA) is 66.4 Å². The summed E-state index contributed by atoms with van der Waals surface area (Å²) in [7, 11) is 0. The Labute approximate surface area is 207 Å². The first-order valence-corrected chi connectivity index (χ1v) is 13.8. The average molecular weight is 470 g/mol. The Kier molecular flexibility index (Phi) is 9.62. The van der Waals surface area contributed by atoms with Crippen molar-refractivity contribution >= 4 is 11.9 Å². The Hall–Kier alpha value is -1.84. The molecular formula is C30H47NO3. The van der Waals surface area contributed by atoms with Gasteiger partial charge in [-0.15, -0.1) is 0 Å². The summed E-state index contributed by atoms with van der Waals surface area (Å²) in [5.41, 5.74) is 2.13. The van der Waals surface area contributed by atoms with Gasteiger partial charge in [0, 0.05) is 11.8 Å². The summed E-state index contributed by atoms with van der Waals surface area (Å²) in [4.78, 5) is 25.4. The van der Waals surface area contributed by atoms with Crippen LogP contribution in [-0.2, 0) is 16.0 Å². The number of carboxylic acid groups (broad SMARTS) is 1. The Morgan fingerprint density at radius 3 is 2.03 bits per heavy atom. The van der Waals surface area contributed by atoms with E-state index in [-0.39, 0.29) is 11.3 Å². The van der Waals surface area contributed by atoms with Crippen molar-refractivity contribution in [2.75, 3.05) is 0 Å². The van der Waals surface area contributed by atoms with Gasteiger partial charge in [0.25, 0.3) is 0 Å². The molecule has 4 heteroatoms. The summed E-state index contributed by atoms with van der Waals surface area (Å²) in [6.07, 6.45) is 16.5. The molecule has 1 aromatic carbocycles. The smallest absolute Gasteiger partial charge is 0.326 e. The van der Waals surface area contributed by atoms with Gasteiger partial charge < -0.3 is 10.4 Å². The van der Waals surface area contributed by atoms with Crippen molar-refractivity contribution in [2.45, 2.75) is 129 Å². The second-order valence-corrected chi connectivity index (χ2v) is 12.3.